The van der Waals surface area contributed by atoms with Crippen molar-refractivity contribution >= 4 is 39.0 Å². The van der Waals surface area contributed by atoms with Gasteiger partial charge in [-0.25, -0.2) is 9.78 Å². The average Bonchev–Trinajstić information content (AvgIpc) is 3.11. The van der Waals surface area contributed by atoms with Crippen LogP contribution in [-0.2, 0) is 6.18 Å². The number of halogens is 3. The molecule has 0 aliphatic heterocycles. The number of aryl methyl sites for hydroxylation is 1. The third-order valence-electron chi connectivity index (χ3n) is 4.40. The molecule has 0 atom stereocenters. The van der Waals surface area contributed by atoms with E-state index in [4.69, 9.17) is 0 Å². The highest BCUT2D eigenvalue weighted by molar-refractivity contribution is 7.21. The third-order valence-corrected chi connectivity index (χ3v) is 5.47. The summed E-state index contributed by atoms with van der Waals surface area (Å²) in [5.74, 6) is 0. The second-order valence-corrected chi connectivity index (χ2v) is 7.75. The van der Waals surface area contributed by atoms with E-state index in [1.807, 2.05) is 31.2 Å². The van der Waals surface area contributed by atoms with Gasteiger partial charge in [-0.05, 0) is 73.2 Å². The molecule has 0 unspecified atom stereocenters. The lowest BCUT2D eigenvalue weighted by Crippen LogP contribution is -2.19. The number of amides is 2. The van der Waals surface area contributed by atoms with Gasteiger partial charge in [0, 0.05) is 16.9 Å². The molecule has 0 aliphatic carbocycles. The van der Waals surface area contributed by atoms with E-state index < -0.39 is 17.8 Å². The number of rotatable bonds is 3. The molecule has 0 saturated heterocycles. The molecular weight excluding hydrogens is 411 g/mol. The molecule has 30 heavy (non-hydrogen) atoms. The normalized spacial score (nSPS) is 11.5. The SMILES string of the molecule is Cc1ccc2nc(-c3ccc(NC(=O)Nc4ccc(C(F)(F)F)cc4)cc3)sc2c1. The maximum atomic E-state index is 12.6. The standard InChI is InChI=1S/C22H16F3N3OS/c1-13-2-11-18-19(12-13)30-20(28-18)14-3-7-16(8-4-14)26-21(29)27-17-9-5-15(6-10-17)22(23,24)25/h2-12H,1H3,(H2,26,27,29). The smallest absolute Gasteiger partial charge is 0.308 e. The summed E-state index contributed by atoms with van der Waals surface area (Å²) in [4.78, 5) is 16.7. The van der Waals surface area contributed by atoms with Crippen molar-refractivity contribution in [2.75, 3.05) is 10.6 Å². The Balaban J connectivity index is 1.42. The van der Waals surface area contributed by atoms with Gasteiger partial charge >= 0.3 is 12.2 Å². The van der Waals surface area contributed by atoms with Crippen LogP contribution in [0.5, 0.6) is 0 Å². The molecule has 0 saturated carbocycles. The Morgan fingerprint density at radius 2 is 1.50 bits per heavy atom. The fourth-order valence-corrected chi connectivity index (χ4v) is 3.96. The number of nitrogens with one attached hydrogen (secondary N) is 2. The number of carbonyl (C=O) groups excluding carboxylic acids is 1. The fourth-order valence-electron chi connectivity index (χ4n) is 2.89. The largest absolute Gasteiger partial charge is 0.416 e. The van der Waals surface area contributed by atoms with Crippen molar-refractivity contribution in [1.82, 2.24) is 4.98 Å². The topological polar surface area (TPSA) is 54.0 Å². The lowest BCUT2D eigenvalue weighted by molar-refractivity contribution is -0.137. The summed E-state index contributed by atoms with van der Waals surface area (Å²) in [7, 11) is 0. The van der Waals surface area contributed by atoms with Crippen molar-refractivity contribution in [2.45, 2.75) is 13.1 Å². The Morgan fingerprint density at radius 3 is 2.10 bits per heavy atom. The Labute approximate surface area is 174 Å². The van der Waals surface area contributed by atoms with Crippen LogP contribution in [0.1, 0.15) is 11.1 Å². The van der Waals surface area contributed by atoms with Crippen LogP contribution < -0.4 is 10.6 Å². The van der Waals surface area contributed by atoms with Crippen LogP contribution in [0.3, 0.4) is 0 Å². The molecule has 0 aliphatic rings. The highest BCUT2D eigenvalue weighted by Crippen LogP contribution is 2.32. The quantitative estimate of drug-likeness (QED) is 0.372. The molecule has 1 aromatic heterocycles. The molecule has 2 amide bonds. The monoisotopic (exact) mass is 427 g/mol. The van der Waals surface area contributed by atoms with Gasteiger partial charge < -0.3 is 10.6 Å². The van der Waals surface area contributed by atoms with Gasteiger partial charge in [0.25, 0.3) is 0 Å². The molecule has 1 heterocycles. The summed E-state index contributed by atoms with van der Waals surface area (Å²) >= 11 is 1.60. The number of thiazole rings is 1. The van der Waals surface area contributed by atoms with Gasteiger partial charge in [0.15, 0.2) is 0 Å². The molecule has 152 valence electrons. The zero-order valence-corrected chi connectivity index (χ0v) is 16.6. The van der Waals surface area contributed by atoms with E-state index in [-0.39, 0.29) is 5.69 Å². The van der Waals surface area contributed by atoms with Crippen LogP contribution in [0, 0.1) is 6.92 Å². The number of aromatic nitrogens is 1. The van der Waals surface area contributed by atoms with Crippen molar-refractivity contribution in [3.05, 3.63) is 77.9 Å². The lowest BCUT2D eigenvalue weighted by atomic mass is 10.2. The lowest BCUT2D eigenvalue weighted by Gasteiger charge is -2.10. The second kappa shape index (κ2) is 7.79. The summed E-state index contributed by atoms with van der Waals surface area (Å²) in [5, 5.41) is 6.05. The molecule has 8 heteroatoms. The minimum atomic E-state index is -4.41. The zero-order valence-electron chi connectivity index (χ0n) is 15.7. The Hall–Kier alpha value is -3.39. The minimum absolute atomic E-state index is 0.266. The van der Waals surface area contributed by atoms with E-state index in [0.29, 0.717) is 5.69 Å². The number of anilines is 2. The van der Waals surface area contributed by atoms with Gasteiger partial charge in [0.2, 0.25) is 0 Å². The highest BCUT2D eigenvalue weighted by atomic mass is 32.1. The molecule has 0 spiro atoms. The molecule has 0 bridgehead atoms. The Bertz CT molecular complexity index is 1200. The number of fused-ring (bicyclic) bond motifs is 1. The predicted octanol–water partition coefficient (Wildman–Crippen LogP) is 6.93. The van der Waals surface area contributed by atoms with E-state index in [9.17, 15) is 18.0 Å². The first-order chi connectivity index (χ1) is 14.3. The first-order valence-corrected chi connectivity index (χ1v) is 9.82. The summed E-state index contributed by atoms with van der Waals surface area (Å²) in [6.07, 6.45) is -4.41. The molecule has 0 radical (unpaired) electrons. The first kappa shape index (κ1) is 19.9. The van der Waals surface area contributed by atoms with Gasteiger partial charge in [-0.3, -0.25) is 0 Å². The summed E-state index contributed by atoms with van der Waals surface area (Å²) in [5.41, 5.74) is 3.11. The van der Waals surface area contributed by atoms with Crippen LogP contribution >= 0.6 is 11.3 Å². The number of benzene rings is 3. The molecule has 4 nitrogen and oxygen atoms in total. The van der Waals surface area contributed by atoms with E-state index in [1.54, 1.807) is 23.5 Å². The number of nitrogens with zero attached hydrogens (tertiary/aromatic N) is 1. The molecule has 4 rings (SSSR count). The van der Waals surface area contributed by atoms with Crippen molar-refractivity contribution in [1.29, 1.82) is 0 Å². The van der Waals surface area contributed by atoms with Crippen LogP contribution in [0.15, 0.2) is 66.7 Å². The summed E-state index contributed by atoms with van der Waals surface area (Å²) in [6.45, 7) is 2.04. The van der Waals surface area contributed by atoms with Crippen molar-refractivity contribution in [2.24, 2.45) is 0 Å². The summed E-state index contributed by atoms with van der Waals surface area (Å²) in [6, 6.07) is 17.0. The maximum Gasteiger partial charge on any atom is 0.416 e. The number of hydrogen-bond acceptors (Lipinski definition) is 3. The van der Waals surface area contributed by atoms with Crippen molar-refractivity contribution < 1.29 is 18.0 Å². The van der Waals surface area contributed by atoms with E-state index >= 15 is 0 Å². The minimum Gasteiger partial charge on any atom is -0.308 e. The Kier molecular flexibility index (Phi) is 5.17. The van der Waals surface area contributed by atoms with E-state index in [1.165, 1.54) is 17.7 Å². The van der Waals surface area contributed by atoms with Gasteiger partial charge in [-0.15, -0.1) is 11.3 Å². The van der Waals surface area contributed by atoms with Crippen molar-refractivity contribution in [3.8, 4) is 10.6 Å². The number of alkyl halides is 3. The maximum absolute atomic E-state index is 12.6. The number of urea groups is 1. The first-order valence-electron chi connectivity index (χ1n) is 9.01. The fraction of sp³-hybridized carbons (Fsp3) is 0.0909. The molecule has 0 fully saturated rings. The molecule has 4 aromatic rings. The molecule has 3 aromatic carbocycles. The van der Waals surface area contributed by atoms with E-state index in [0.717, 1.165) is 32.9 Å². The molecule has 2 N–H and O–H groups in total. The van der Waals surface area contributed by atoms with Crippen LogP contribution in [0.25, 0.3) is 20.8 Å². The van der Waals surface area contributed by atoms with Gasteiger partial charge in [0.05, 0.1) is 15.8 Å². The van der Waals surface area contributed by atoms with Crippen LogP contribution in [0.4, 0.5) is 29.3 Å². The van der Waals surface area contributed by atoms with Gasteiger partial charge in [-0.2, -0.15) is 13.2 Å². The average molecular weight is 427 g/mol. The number of carbonyl (C=O) groups is 1. The molecular formula is C22H16F3N3OS. The van der Waals surface area contributed by atoms with Crippen LogP contribution in [0.2, 0.25) is 0 Å². The third kappa shape index (κ3) is 4.44. The van der Waals surface area contributed by atoms with Gasteiger partial charge in [0.1, 0.15) is 5.01 Å². The number of hydrogen-bond donors (Lipinski definition) is 2. The van der Waals surface area contributed by atoms with E-state index in [2.05, 4.69) is 21.7 Å². The van der Waals surface area contributed by atoms with Crippen molar-refractivity contribution in [3.63, 3.8) is 0 Å². The predicted molar refractivity (Wildman–Crippen MR) is 114 cm³/mol. The highest BCUT2D eigenvalue weighted by Gasteiger charge is 2.29. The zero-order chi connectivity index (χ0) is 21.3. The van der Waals surface area contributed by atoms with Crippen LogP contribution in [-0.4, -0.2) is 11.0 Å². The van der Waals surface area contributed by atoms with Gasteiger partial charge in [-0.1, -0.05) is 6.07 Å². The second-order valence-electron chi connectivity index (χ2n) is 6.72. The Morgan fingerprint density at radius 1 is 0.900 bits per heavy atom. The summed E-state index contributed by atoms with van der Waals surface area (Å²) < 4.78 is 38.9.